The van der Waals surface area contributed by atoms with E-state index in [1.807, 2.05) is 42.2 Å². The lowest BCUT2D eigenvalue weighted by molar-refractivity contribution is -0.123. The number of anilines is 2. The molecule has 0 bridgehead atoms. The van der Waals surface area contributed by atoms with Crippen molar-refractivity contribution in [3.8, 4) is 10.4 Å². The molecular weight excluding hydrogens is 576 g/mol. The molecule has 2 saturated carbocycles. The van der Waals surface area contributed by atoms with Gasteiger partial charge in [-0.25, -0.2) is 4.68 Å². The average molecular weight is 615 g/mol. The molecule has 2 aliphatic carbocycles. The highest BCUT2D eigenvalue weighted by molar-refractivity contribution is 7.17. The number of amides is 3. The van der Waals surface area contributed by atoms with Crippen molar-refractivity contribution < 1.29 is 19.1 Å². The summed E-state index contributed by atoms with van der Waals surface area (Å²) < 4.78 is 7.71. The first-order valence-electron chi connectivity index (χ1n) is 15.8. The average Bonchev–Trinajstić information content (AvgIpc) is 3.42. The second kappa shape index (κ2) is 12.2. The Kier molecular flexibility index (Phi) is 7.98. The number of benzene rings is 1. The predicted molar refractivity (Wildman–Crippen MR) is 171 cm³/mol. The van der Waals surface area contributed by atoms with E-state index < -0.39 is 0 Å². The summed E-state index contributed by atoms with van der Waals surface area (Å²) in [7, 11) is 1.81. The van der Waals surface area contributed by atoms with Gasteiger partial charge in [0.1, 0.15) is 12.0 Å². The molecule has 3 amide bonds. The third kappa shape index (κ3) is 5.90. The quantitative estimate of drug-likeness (QED) is 0.210. The zero-order valence-electron chi connectivity index (χ0n) is 24.9. The van der Waals surface area contributed by atoms with Gasteiger partial charge in [-0.1, -0.05) is 19.3 Å². The van der Waals surface area contributed by atoms with Crippen LogP contribution in [0.5, 0.6) is 0 Å². The van der Waals surface area contributed by atoms with Crippen molar-refractivity contribution in [2.24, 2.45) is 5.92 Å². The number of aromatic nitrogens is 3. The third-order valence-electron chi connectivity index (χ3n) is 9.00. The van der Waals surface area contributed by atoms with E-state index in [1.54, 1.807) is 17.2 Å². The highest BCUT2D eigenvalue weighted by atomic mass is 32.1. The number of nitrogens with one attached hydrogen (secondary N) is 3. The standard InChI is InChI=1S/C33H38N6O4S/c1-38(33(42)20-7-3-2-4-8-20)23-12-13-24-25(17-23)36-30(29(24)32(41)35-22-10-11-22)37-31(40)27-15-14-26(44-27)21-18-34-39(19-21)28-9-5-6-16-43-28/h12-15,17-20,22,28,36H,2-11,16H2,1H3,(H,35,41)(H,37,40). The van der Waals surface area contributed by atoms with Crippen LogP contribution in [-0.2, 0) is 9.53 Å². The van der Waals surface area contributed by atoms with Crippen molar-refractivity contribution in [2.45, 2.75) is 76.5 Å². The van der Waals surface area contributed by atoms with Gasteiger partial charge in [-0.3, -0.25) is 14.4 Å². The van der Waals surface area contributed by atoms with Gasteiger partial charge in [0.25, 0.3) is 11.8 Å². The molecule has 1 saturated heterocycles. The summed E-state index contributed by atoms with van der Waals surface area (Å²) in [4.78, 5) is 46.5. The number of hydrogen-bond donors (Lipinski definition) is 3. The molecule has 4 aromatic rings. The Hall–Kier alpha value is -3.96. The Morgan fingerprint density at radius 2 is 1.82 bits per heavy atom. The number of carbonyl (C=O) groups excluding carboxylic acids is 3. The SMILES string of the molecule is CN(C(=O)C1CCCCC1)c1ccc2c(C(=O)NC3CC3)c(NC(=O)c3ccc(-c4cnn(C5CCCCO5)c4)s3)[nH]c2c1. The number of thiophene rings is 1. The van der Waals surface area contributed by atoms with Gasteiger partial charge in [0, 0.05) is 58.8 Å². The van der Waals surface area contributed by atoms with Crippen LogP contribution in [0.1, 0.15) is 90.5 Å². The van der Waals surface area contributed by atoms with Crippen LogP contribution in [0.4, 0.5) is 11.5 Å². The Bertz CT molecular complexity index is 1690. The predicted octanol–water partition coefficient (Wildman–Crippen LogP) is 6.48. The van der Waals surface area contributed by atoms with Gasteiger partial charge < -0.3 is 25.3 Å². The van der Waals surface area contributed by atoms with E-state index in [0.717, 1.165) is 80.5 Å². The van der Waals surface area contributed by atoms with E-state index >= 15 is 0 Å². The normalized spacial score (nSPS) is 19.2. The molecule has 1 atom stereocenters. The molecule has 1 aromatic carbocycles. The van der Waals surface area contributed by atoms with Crippen LogP contribution >= 0.6 is 11.3 Å². The third-order valence-corrected chi connectivity index (χ3v) is 10.1. The van der Waals surface area contributed by atoms with E-state index in [9.17, 15) is 14.4 Å². The molecule has 11 heteroatoms. The first-order valence-corrected chi connectivity index (χ1v) is 16.6. The molecule has 7 rings (SSSR count). The van der Waals surface area contributed by atoms with Crippen molar-refractivity contribution in [3.05, 3.63) is 53.2 Å². The Morgan fingerprint density at radius 3 is 2.59 bits per heavy atom. The molecule has 3 fully saturated rings. The molecule has 1 unspecified atom stereocenters. The van der Waals surface area contributed by atoms with Crippen LogP contribution in [0.2, 0.25) is 0 Å². The fourth-order valence-electron chi connectivity index (χ4n) is 6.30. The summed E-state index contributed by atoms with van der Waals surface area (Å²) in [6.07, 6.45) is 14.0. The molecule has 3 aromatic heterocycles. The minimum Gasteiger partial charge on any atom is -0.357 e. The van der Waals surface area contributed by atoms with E-state index in [-0.39, 0.29) is 35.9 Å². The van der Waals surface area contributed by atoms with Gasteiger partial charge in [0.2, 0.25) is 5.91 Å². The molecule has 10 nitrogen and oxygen atoms in total. The Morgan fingerprint density at radius 1 is 1.00 bits per heavy atom. The zero-order chi connectivity index (χ0) is 30.2. The van der Waals surface area contributed by atoms with E-state index in [0.29, 0.717) is 27.2 Å². The van der Waals surface area contributed by atoms with E-state index in [2.05, 4.69) is 20.7 Å². The molecule has 3 aliphatic rings. The maximum absolute atomic E-state index is 13.5. The maximum Gasteiger partial charge on any atom is 0.266 e. The first kappa shape index (κ1) is 28.8. The number of nitrogens with zero attached hydrogens (tertiary/aromatic N) is 3. The van der Waals surface area contributed by atoms with Crippen LogP contribution in [0.15, 0.2) is 42.7 Å². The van der Waals surface area contributed by atoms with Crippen LogP contribution in [0.25, 0.3) is 21.3 Å². The minimum atomic E-state index is -0.305. The first-order chi connectivity index (χ1) is 21.4. The number of H-pyrrole nitrogens is 1. The lowest BCUT2D eigenvalue weighted by Gasteiger charge is -2.26. The summed E-state index contributed by atoms with van der Waals surface area (Å²) in [5.74, 6) is -0.00731. The molecule has 0 spiro atoms. The van der Waals surface area contributed by atoms with Gasteiger partial charge in [0.05, 0.1) is 16.6 Å². The molecule has 0 radical (unpaired) electrons. The van der Waals surface area contributed by atoms with Crippen LogP contribution in [-0.4, -0.2) is 52.2 Å². The summed E-state index contributed by atoms with van der Waals surface area (Å²) >= 11 is 1.37. The van der Waals surface area contributed by atoms with E-state index in [4.69, 9.17) is 4.74 Å². The lowest BCUT2D eigenvalue weighted by Crippen LogP contribution is -2.33. The Balaban J connectivity index is 1.13. The lowest BCUT2D eigenvalue weighted by atomic mass is 9.88. The number of rotatable bonds is 8. The van der Waals surface area contributed by atoms with Gasteiger partial charge in [0.15, 0.2) is 0 Å². The number of aromatic amines is 1. The van der Waals surface area contributed by atoms with Crippen LogP contribution in [0, 0.1) is 5.92 Å². The fraction of sp³-hybridized carbons (Fsp3) is 0.455. The van der Waals surface area contributed by atoms with Crippen molar-refractivity contribution >= 4 is 51.5 Å². The summed E-state index contributed by atoms with van der Waals surface area (Å²) in [6, 6.07) is 9.49. The number of fused-ring (bicyclic) bond motifs is 1. The second-order valence-electron chi connectivity index (χ2n) is 12.2. The topological polar surface area (TPSA) is 121 Å². The zero-order valence-corrected chi connectivity index (χ0v) is 25.8. The summed E-state index contributed by atoms with van der Waals surface area (Å²) in [5.41, 5.74) is 2.77. The summed E-state index contributed by atoms with van der Waals surface area (Å²) in [6.45, 7) is 0.744. The van der Waals surface area contributed by atoms with Crippen molar-refractivity contribution in [1.29, 1.82) is 0 Å². The minimum absolute atomic E-state index is 0.0480. The second-order valence-corrected chi connectivity index (χ2v) is 13.3. The number of carbonyl (C=O) groups is 3. The number of hydrogen-bond acceptors (Lipinski definition) is 6. The van der Waals surface area contributed by atoms with Crippen LogP contribution < -0.4 is 15.5 Å². The van der Waals surface area contributed by atoms with Crippen molar-refractivity contribution in [3.63, 3.8) is 0 Å². The van der Waals surface area contributed by atoms with E-state index in [1.165, 1.54) is 17.8 Å². The molecule has 44 heavy (non-hydrogen) atoms. The molecule has 3 N–H and O–H groups in total. The van der Waals surface area contributed by atoms with Gasteiger partial charge in [-0.05, 0) is 75.3 Å². The Labute approximate surface area is 260 Å². The highest BCUT2D eigenvalue weighted by Crippen LogP contribution is 2.34. The maximum atomic E-state index is 13.5. The molecular formula is C33H38N6O4S. The molecule has 230 valence electrons. The van der Waals surface area contributed by atoms with Gasteiger partial charge in [-0.2, -0.15) is 5.10 Å². The van der Waals surface area contributed by atoms with Gasteiger partial charge >= 0.3 is 0 Å². The molecule has 4 heterocycles. The number of ether oxygens (including phenoxy) is 1. The fourth-order valence-corrected chi connectivity index (χ4v) is 7.18. The van der Waals surface area contributed by atoms with Crippen LogP contribution in [0.3, 0.4) is 0 Å². The highest BCUT2D eigenvalue weighted by Gasteiger charge is 2.29. The largest absolute Gasteiger partial charge is 0.357 e. The molecule has 1 aliphatic heterocycles. The van der Waals surface area contributed by atoms with Gasteiger partial charge in [-0.15, -0.1) is 11.3 Å². The van der Waals surface area contributed by atoms with Crippen molar-refractivity contribution in [1.82, 2.24) is 20.1 Å². The summed E-state index contributed by atoms with van der Waals surface area (Å²) in [5, 5.41) is 11.2. The smallest absolute Gasteiger partial charge is 0.266 e. The van der Waals surface area contributed by atoms with Crippen molar-refractivity contribution in [2.75, 3.05) is 23.9 Å². The monoisotopic (exact) mass is 614 g/mol.